The summed E-state index contributed by atoms with van der Waals surface area (Å²) in [7, 11) is 3.95. The lowest BCUT2D eigenvalue weighted by Crippen LogP contribution is -2.32. The third kappa shape index (κ3) is 5.24. The van der Waals surface area contributed by atoms with Crippen molar-refractivity contribution in [2.75, 3.05) is 19.0 Å². The van der Waals surface area contributed by atoms with Gasteiger partial charge in [0.25, 0.3) is 0 Å². The molecule has 3 aromatic rings. The smallest absolute Gasteiger partial charge is 0.220 e. The Hall–Kier alpha value is -2.89. The quantitative estimate of drug-likeness (QED) is 0.582. The fraction of sp³-hybridized carbons (Fsp3) is 0.480. The molecule has 1 aliphatic rings. The molecule has 2 heterocycles. The molecular formula is C25H33N5O. The molecule has 1 atom stereocenters. The molecule has 1 aliphatic carbocycles. The molecule has 164 valence electrons. The molecule has 1 fully saturated rings. The van der Waals surface area contributed by atoms with Crippen molar-refractivity contribution >= 4 is 22.6 Å². The van der Waals surface area contributed by atoms with Crippen LogP contribution in [0.15, 0.2) is 36.5 Å². The Morgan fingerprint density at radius 1 is 1.19 bits per heavy atom. The second-order valence-corrected chi connectivity index (χ2v) is 8.98. The summed E-state index contributed by atoms with van der Waals surface area (Å²) in [5.41, 5.74) is 3.15. The van der Waals surface area contributed by atoms with Gasteiger partial charge in [-0.3, -0.25) is 4.79 Å². The molecule has 1 unspecified atom stereocenters. The number of para-hydroxylation sites is 1. The molecule has 1 aromatic carbocycles. The zero-order valence-electron chi connectivity index (χ0n) is 18.8. The van der Waals surface area contributed by atoms with Gasteiger partial charge in [-0.15, -0.1) is 0 Å². The molecule has 0 saturated heterocycles. The van der Waals surface area contributed by atoms with Crippen molar-refractivity contribution < 1.29 is 4.79 Å². The highest BCUT2D eigenvalue weighted by molar-refractivity contribution is 5.83. The third-order valence-corrected chi connectivity index (χ3v) is 6.29. The van der Waals surface area contributed by atoms with Crippen molar-refractivity contribution in [3.8, 4) is 0 Å². The van der Waals surface area contributed by atoms with Gasteiger partial charge in [0.2, 0.25) is 5.91 Å². The number of benzene rings is 1. The molecule has 6 heteroatoms. The van der Waals surface area contributed by atoms with Gasteiger partial charge in [-0.2, -0.15) is 0 Å². The Balaban J connectivity index is 1.61. The highest BCUT2D eigenvalue weighted by atomic mass is 16.1. The highest BCUT2D eigenvalue weighted by Crippen LogP contribution is 2.28. The first-order valence-electron chi connectivity index (χ1n) is 11.4. The average molecular weight is 420 g/mol. The van der Waals surface area contributed by atoms with Gasteiger partial charge in [-0.05, 0) is 37.3 Å². The van der Waals surface area contributed by atoms with Gasteiger partial charge in [-0.25, -0.2) is 9.97 Å². The van der Waals surface area contributed by atoms with Gasteiger partial charge in [0.05, 0.1) is 11.7 Å². The van der Waals surface area contributed by atoms with Crippen molar-refractivity contribution in [3.63, 3.8) is 0 Å². The summed E-state index contributed by atoms with van der Waals surface area (Å²) in [6, 6.07) is 10.1. The number of amides is 1. The van der Waals surface area contributed by atoms with Crippen LogP contribution in [-0.2, 0) is 11.2 Å². The lowest BCUT2D eigenvalue weighted by atomic mass is 9.86. The summed E-state index contributed by atoms with van der Waals surface area (Å²) in [6.07, 6.45) is 9.46. The van der Waals surface area contributed by atoms with Crippen LogP contribution in [0, 0.1) is 12.8 Å². The van der Waals surface area contributed by atoms with Crippen LogP contribution in [0.2, 0.25) is 0 Å². The first kappa shape index (κ1) is 21.3. The van der Waals surface area contributed by atoms with E-state index in [1.165, 1.54) is 30.2 Å². The van der Waals surface area contributed by atoms with E-state index in [0.29, 0.717) is 24.6 Å². The van der Waals surface area contributed by atoms with Crippen molar-refractivity contribution in [2.45, 2.75) is 57.9 Å². The number of hydrogen-bond acceptors (Lipinski definition) is 4. The average Bonchev–Trinajstić information content (AvgIpc) is 3.16. The number of H-pyrrole nitrogens is 1. The summed E-state index contributed by atoms with van der Waals surface area (Å²) in [4.78, 5) is 27.6. The molecule has 1 saturated carbocycles. The second-order valence-electron chi connectivity index (χ2n) is 8.98. The number of aromatic amines is 1. The lowest BCUT2D eigenvalue weighted by Gasteiger charge is -2.24. The summed E-state index contributed by atoms with van der Waals surface area (Å²) in [5.74, 6) is 2.20. The van der Waals surface area contributed by atoms with E-state index < -0.39 is 0 Å². The molecule has 31 heavy (non-hydrogen) atoms. The predicted octanol–water partition coefficient (Wildman–Crippen LogP) is 4.70. The first-order valence-corrected chi connectivity index (χ1v) is 11.4. The van der Waals surface area contributed by atoms with Crippen LogP contribution in [0.25, 0.3) is 10.9 Å². The summed E-state index contributed by atoms with van der Waals surface area (Å²) < 4.78 is 0. The van der Waals surface area contributed by atoms with Gasteiger partial charge in [0, 0.05) is 50.1 Å². The SMILES string of the molecule is Cc1nc(C(Cc2c[nH]c3ccccc23)NC(=O)CC2CCCCC2)cc(N(C)C)n1. The molecule has 2 N–H and O–H groups in total. The molecular weight excluding hydrogens is 386 g/mol. The molecule has 4 rings (SSSR count). The molecule has 0 aliphatic heterocycles. The van der Waals surface area contributed by atoms with E-state index in [-0.39, 0.29) is 11.9 Å². The van der Waals surface area contributed by atoms with Crippen molar-refractivity contribution in [1.29, 1.82) is 0 Å². The zero-order valence-corrected chi connectivity index (χ0v) is 18.8. The first-order chi connectivity index (χ1) is 15.0. The van der Waals surface area contributed by atoms with Crippen LogP contribution in [-0.4, -0.2) is 35.0 Å². The maximum atomic E-state index is 13.0. The zero-order chi connectivity index (χ0) is 21.8. The maximum absolute atomic E-state index is 13.0. The normalized spacial score (nSPS) is 15.7. The minimum atomic E-state index is -0.198. The number of fused-ring (bicyclic) bond motifs is 1. The number of carbonyl (C=O) groups is 1. The van der Waals surface area contributed by atoms with Crippen molar-refractivity contribution in [3.05, 3.63) is 53.6 Å². The number of aromatic nitrogens is 3. The minimum absolute atomic E-state index is 0.124. The van der Waals surface area contributed by atoms with E-state index in [1.807, 2.05) is 44.2 Å². The Bertz CT molecular complexity index is 1040. The van der Waals surface area contributed by atoms with E-state index in [4.69, 9.17) is 4.98 Å². The van der Waals surface area contributed by atoms with Crippen molar-refractivity contribution in [2.24, 2.45) is 5.92 Å². The van der Waals surface area contributed by atoms with Crippen LogP contribution in [0.3, 0.4) is 0 Å². The summed E-state index contributed by atoms with van der Waals surface area (Å²) in [5, 5.41) is 4.50. The van der Waals surface area contributed by atoms with E-state index in [2.05, 4.69) is 33.5 Å². The van der Waals surface area contributed by atoms with Crippen LogP contribution in [0.1, 0.15) is 61.6 Å². The molecule has 1 amide bonds. The third-order valence-electron chi connectivity index (χ3n) is 6.29. The van der Waals surface area contributed by atoms with E-state index in [0.717, 1.165) is 29.9 Å². The Labute approximate surface area is 184 Å². The Kier molecular flexibility index (Phi) is 6.54. The number of aryl methyl sites for hydroxylation is 1. The summed E-state index contributed by atoms with van der Waals surface area (Å²) >= 11 is 0. The van der Waals surface area contributed by atoms with Gasteiger partial charge in [0.15, 0.2) is 0 Å². The molecule has 0 bridgehead atoms. The number of anilines is 1. The topological polar surface area (TPSA) is 73.9 Å². The fourth-order valence-corrected chi connectivity index (χ4v) is 4.64. The molecule has 0 radical (unpaired) electrons. The second kappa shape index (κ2) is 9.50. The van der Waals surface area contributed by atoms with Gasteiger partial charge in [-0.1, -0.05) is 37.5 Å². The fourth-order valence-electron chi connectivity index (χ4n) is 4.64. The van der Waals surface area contributed by atoms with Crippen LogP contribution in [0.4, 0.5) is 5.82 Å². The van der Waals surface area contributed by atoms with Gasteiger partial charge in [0.1, 0.15) is 11.6 Å². The van der Waals surface area contributed by atoms with Crippen LogP contribution in [0.5, 0.6) is 0 Å². The molecule has 6 nitrogen and oxygen atoms in total. The Morgan fingerprint density at radius 2 is 1.97 bits per heavy atom. The monoisotopic (exact) mass is 419 g/mol. The van der Waals surface area contributed by atoms with Gasteiger partial charge < -0.3 is 15.2 Å². The highest BCUT2D eigenvalue weighted by Gasteiger charge is 2.23. The number of nitrogens with zero attached hydrogens (tertiary/aromatic N) is 3. The van der Waals surface area contributed by atoms with E-state index in [9.17, 15) is 4.79 Å². The molecule has 0 spiro atoms. The lowest BCUT2D eigenvalue weighted by molar-refractivity contribution is -0.123. The van der Waals surface area contributed by atoms with Crippen molar-refractivity contribution in [1.82, 2.24) is 20.3 Å². The molecule has 2 aromatic heterocycles. The van der Waals surface area contributed by atoms with Crippen LogP contribution < -0.4 is 10.2 Å². The number of nitrogens with one attached hydrogen (secondary N) is 2. The van der Waals surface area contributed by atoms with E-state index in [1.54, 1.807) is 0 Å². The van der Waals surface area contributed by atoms with E-state index >= 15 is 0 Å². The number of rotatable bonds is 7. The predicted molar refractivity (Wildman–Crippen MR) is 125 cm³/mol. The summed E-state index contributed by atoms with van der Waals surface area (Å²) in [6.45, 7) is 1.91. The Morgan fingerprint density at radius 3 is 2.74 bits per heavy atom. The number of hydrogen-bond donors (Lipinski definition) is 2. The number of carbonyl (C=O) groups excluding carboxylic acids is 1. The maximum Gasteiger partial charge on any atom is 0.220 e. The minimum Gasteiger partial charge on any atom is -0.363 e. The van der Waals surface area contributed by atoms with Gasteiger partial charge >= 0.3 is 0 Å². The largest absolute Gasteiger partial charge is 0.363 e. The van der Waals surface area contributed by atoms with Crippen LogP contribution >= 0.6 is 0 Å². The standard InChI is InChI=1S/C25H33N5O/c1-17-27-23(15-24(28-17)30(2)3)22(29-25(31)13-18-9-5-4-6-10-18)14-19-16-26-21-12-8-7-11-20(19)21/h7-8,11-12,15-16,18,22,26H,4-6,9-10,13-14H2,1-3H3,(H,29,31).